The molecule has 1 N–H and O–H groups in total. The summed E-state index contributed by atoms with van der Waals surface area (Å²) in [5, 5.41) is 9.97. The molecule has 1 atom stereocenters. The Bertz CT molecular complexity index is 724. The molecule has 1 aliphatic heterocycles. The van der Waals surface area contributed by atoms with E-state index >= 15 is 0 Å². The molecule has 4 nitrogen and oxygen atoms in total. The zero-order valence-electron chi connectivity index (χ0n) is 14.6. The molecule has 3 rings (SSSR count). The fraction of sp³-hybridized carbons (Fsp3) is 0.526. The average Bonchev–Trinajstić information content (AvgIpc) is 2.95. The molecule has 2 aromatic rings. The van der Waals surface area contributed by atoms with Gasteiger partial charge >= 0.3 is 0 Å². The van der Waals surface area contributed by atoms with Gasteiger partial charge in [0, 0.05) is 12.6 Å². The number of aliphatic hydroxyl groups is 1. The zero-order valence-corrected chi connectivity index (χ0v) is 14.6. The second-order valence-electron chi connectivity index (χ2n) is 6.74. The van der Waals surface area contributed by atoms with Gasteiger partial charge in [0.05, 0.1) is 17.4 Å². The third-order valence-electron chi connectivity index (χ3n) is 5.02. The summed E-state index contributed by atoms with van der Waals surface area (Å²) >= 11 is 0. The highest BCUT2D eigenvalue weighted by molar-refractivity contribution is 5.54. The molecule has 0 saturated carbocycles. The number of oxazole rings is 1. The fourth-order valence-electron chi connectivity index (χ4n) is 3.39. The molecule has 0 amide bonds. The van der Waals surface area contributed by atoms with Crippen LogP contribution in [0.3, 0.4) is 0 Å². The van der Waals surface area contributed by atoms with Crippen LogP contribution in [0.5, 0.6) is 0 Å². The smallest absolute Gasteiger partial charge is 0.229 e. The lowest BCUT2D eigenvalue weighted by molar-refractivity contribution is 0.0546. The summed E-state index contributed by atoms with van der Waals surface area (Å²) in [6.45, 7) is 6.24. The Hall–Kier alpha value is -1.79. The summed E-state index contributed by atoms with van der Waals surface area (Å²) in [5.41, 5.74) is 0.939. The van der Waals surface area contributed by atoms with Crippen molar-refractivity contribution in [1.82, 2.24) is 9.88 Å². The maximum Gasteiger partial charge on any atom is 0.229 e. The minimum absolute atomic E-state index is 0.167. The summed E-state index contributed by atoms with van der Waals surface area (Å²) in [6, 6.07) is 3.37. The van der Waals surface area contributed by atoms with Crippen LogP contribution in [-0.2, 0) is 6.54 Å². The van der Waals surface area contributed by atoms with Gasteiger partial charge in [0.25, 0.3) is 0 Å². The second kappa shape index (κ2) is 7.62. The van der Waals surface area contributed by atoms with E-state index in [-0.39, 0.29) is 17.6 Å². The summed E-state index contributed by atoms with van der Waals surface area (Å²) in [4.78, 5) is 6.69. The first kappa shape index (κ1) is 18.0. The van der Waals surface area contributed by atoms with Crippen LogP contribution >= 0.6 is 0 Å². The number of aromatic nitrogens is 1. The van der Waals surface area contributed by atoms with Crippen molar-refractivity contribution in [3.8, 4) is 11.5 Å². The number of piperidine rings is 1. The molecule has 0 radical (unpaired) electrons. The quantitative estimate of drug-likeness (QED) is 0.888. The molecule has 1 unspecified atom stereocenters. The first-order chi connectivity index (χ1) is 12.0. The van der Waals surface area contributed by atoms with Gasteiger partial charge in [-0.3, -0.25) is 4.90 Å². The lowest BCUT2D eigenvalue weighted by Crippen LogP contribution is -2.37. The number of rotatable bonds is 5. The number of aliphatic hydroxyl groups excluding tert-OH is 1. The summed E-state index contributed by atoms with van der Waals surface area (Å²) in [6.07, 6.45) is 2.50. The summed E-state index contributed by atoms with van der Waals surface area (Å²) in [5.74, 6) is -0.108. The van der Waals surface area contributed by atoms with E-state index in [0.717, 1.165) is 44.1 Å². The van der Waals surface area contributed by atoms with Crippen molar-refractivity contribution in [3.63, 3.8) is 0 Å². The number of benzene rings is 1. The van der Waals surface area contributed by atoms with Gasteiger partial charge in [-0.25, -0.2) is 13.8 Å². The Morgan fingerprint density at radius 3 is 2.68 bits per heavy atom. The highest BCUT2D eigenvalue weighted by Gasteiger charge is 2.25. The Balaban J connectivity index is 1.68. The molecule has 0 spiro atoms. The van der Waals surface area contributed by atoms with Crippen molar-refractivity contribution in [1.29, 1.82) is 0 Å². The molecule has 1 fully saturated rings. The number of likely N-dealkylation sites (tertiary alicyclic amines) is 1. The van der Waals surface area contributed by atoms with Gasteiger partial charge in [0.1, 0.15) is 17.4 Å². The van der Waals surface area contributed by atoms with E-state index in [9.17, 15) is 13.9 Å². The van der Waals surface area contributed by atoms with E-state index in [4.69, 9.17) is 4.42 Å². The fourth-order valence-corrected chi connectivity index (χ4v) is 3.39. The second-order valence-corrected chi connectivity index (χ2v) is 6.74. The van der Waals surface area contributed by atoms with Crippen LogP contribution in [0.25, 0.3) is 11.5 Å². The van der Waals surface area contributed by atoms with Crippen molar-refractivity contribution in [3.05, 3.63) is 41.3 Å². The molecule has 0 bridgehead atoms. The predicted octanol–water partition coefficient (Wildman–Crippen LogP) is 3.91. The average molecular weight is 350 g/mol. The van der Waals surface area contributed by atoms with E-state index in [1.54, 1.807) is 6.92 Å². The molecule has 136 valence electrons. The molecule has 0 aliphatic carbocycles. The van der Waals surface area contributed by atoms with Gasteiger partial charge < -0.3 is 9.52 Å². The molecular formula is C19H24F2N2O2. The lowest BCUT2D eigenvalue weighted by atomic mass is 9.90. The third kappa shape index (κ3) is 4.07. The van der Waals surface area contributed by atoms with Gasteiger partial charge in [-0.05, 0) is 57.3 Å². The van der Waals surface area contributed by atoms with Crippen molar-refractivity contribution in [2.75, 3.05) is 13.1 Å². The Morgan fingerprint density at radius 2 is 2.04 bits per heavy atom. The first-order valence-corrected chi connectivity index (χ1v) is 8.80. The van der Waals surface area contributed by atoms with Crippen LogP contribution in [-0.4, -0.2) is 34.2 Å². The molecule has 25 heavy (non-hydrogen) atoms. The van der Waals surface area contributed by atoms with Gasteiger partial charge in [0.2, 0.25) is 5.89 Å². The topological polar surface area (TPSA) is 49.5 Å². The molecule has 1 aliphatic rings. The predicted molar refractivity (Wildman–Crippen MR) is 90.9 cm³/mol. The Kier molecular flexibility index (Phi) is 5.49. The minimum Gasteiger partial charge on any atom is -0.441 e. The molecule has 1 aromatic heterocycles. The number of hydrogen-bond acceptors (Lipinski definition) is 4. The Labute approximate surface area is 146 Å². The van der Waals surface area contributed by atoms with Gasteiger partial charge in [-0.15, -0.1) is 0 Å². The Morgan fingerprint density at radius 1 is 1.32 bits per heavy atom. The van der Waals surface area contributed by atoms with E-state index in [0.29, 0.717) is 18.2 Å². The van der Waals surface area contributed by atoms with E-state index < -0.39 is 11.6 Å². The van der Waals surface area contributed by atoms with Crippen molar-refractivity contribution < 1.29 is 18.3 Å². The summed E-state index contributed by atoms with van der Waals surface area (Å²) < 4.78 is 32.6. The van der Waals surface area contributed by atoms with Crippen LogP contribution in [0.15, 0.2) is 22.6 Å². The van der Waals surface area contributed by atoms with Gasteiger partial charge in [-0.2, -0.15) is 0 Å². The number of nitrogens with zero attached hydrogens (tertiary/aromatic N) is 2. The van der Waals surface area contributed by atoms with Crippen molar-refractivity contribution >= 4 is 0 Å². The maximum atomic E-state index is 13.9. The van der Waals surface area contributed by atoms with Crippen LogP contribution in [0.2, 0.25) is 0 Å². The number of aryl methyl sites for hydroxylation is 1. The summed E-state index contributed by atoms with van der Waals surface area (Å²) in [7, 11) is 0. The molecule has 1 aromatic carbocycles. The molecule has 2 heterocycles. The minimum atomic E-state index is -0.679. The monoisotopic (exact) mass is 350 g/mol. The third-order valence-corrected chi connectivity index (χ3v) is 5.02. The van der Waals surface area contributed by atoms with E-state index in [1.165, 1.54) is 12.1 Å². The van der Waals surface area contributed by atoms with Crippen molar-refractivity contribution in [2.24, 2.45) is 5.92 Å². The number of halogens is 2. The van der Waals surface area contributed by atoms with Crippen LogP contribution in [0, 0.1) is 24.5 Å². The van der Waals surface area contributed by atoms with Crippen LogP contribution < -0.4 is 0 Å². The van der Waals surface area contributed by atoms with Gasteiger partial charge in [-0.1, -0.05) is 6.92 Å². The van der Waals surface area contributed by atoms with Crippen LogP contribution in [0.4, 0.5) is 8.78 Å². The van der Waals surface area contributed by atoms with Crippen molar-refractivity contribution in [2.45, 2.75) is 45.8 Å². The maximum absolute atomic E-state index is 13.9. The van der Waals surface area contributed by atoms with Gasteiger partial charge in [0.15, 0.2) is 0 Å². The number of hydrogen-bond donors (Lipinski definition) is 1. The van der Waals surface area contributed by atoms with E-state index in [2.05, 4.69) is 9.88 Å². The largest absolute Gasteiger partial charge is 0.441 e. The lowest BCUT2D eigenvalue weighted by Gasteiger charge is -2.33. The molecule has 6 heteroatoms. The standard InChI is InChI=1S/C19H24F2N2O2/c1-3-18(24)13-6-8-23(9-7-13)11-17-12(2)25-19(22-17)15-5-4-14(20)10-16(15)21/h4-5,10,13,18,24H,3,6-9,11H2,1-2H3. The van der Waals surface area contributed by atoms with Crippen LogP contribution in [0.1, 0.15) is 37.6 Å². The first-order valence-electron chi connectivity index (χ1n) is 8.80. The normalized spacial score (nSPS) is 17.8. The highest BCUT2D eigenvalue weighted by atomic mass is 19.1. The zero-order chi connectivity index (χ0) is 18.0. The highest BCUT2D eigenvalue weighted by Crippen LogP contribution is 2.27. The molecular weight excluding hydrogens is 326 g/mol. The molecule has 1 saturated heterocycles. The SMILES string of the molecule is CCC(O)C1CCN(Cc2nc(-c3ccc(F)cc3F)oc2C)CC1. The van der Waals surface area contributed by atoms with E-state index in [1.807, 2.05) is 6.92 Å².